The zero-order valence-electron chi connectivity index (χ0n) is 16.0. The summed E-state index contributed by atoms with van der Waals surface area (Å²) in [4.78, 5) is 15.4. The molecule has 0 spiro atoms. The van der Waals surface area contributed by atoms with E-state index in [1.807, 2.05) is 26.0 Å². The van der Waals surface area contributed by atoms with Crippen molar-refractivity contribution in [1.29, 1.82) is 0 Å². The molecule has 1 aliphatic heterocycles. The Balaban J connectivity index is 2.23. The third-order valence-corrected chi connectivity index (χ3v) is 5.47. The number of hydrogen-bond acceptors (Lipinski definition) is 6. The molecule has 1 aliphatic rings. The molecule has 3 rings (SSSR count). The van der Waals surface area contributed by atoms with Crippen LogP contribution in [0.3, 0.4) is 0 Å². The van der Waals surface area contributed by atoms with Gasteiger partial charge in [-0.15, -0.1) is 0 Å². The van der Waals surface area contributed by atoms with Crippen LogP contribution in [0.4, 0.5) is 0 Å². The summed E-state index contributed by atoms with van der Waals surface area (Å²) in [5, 5.41) is 14.3. The molecule has 8 heteroatoms. The number of methoxy groups -OCH3 is 2. The van der Waals surface area contributed by atoms with Crippen molar-refractivity contribution in [3.63, 3.8) is 0 Å². The molecule has 0 saturated heterocycles. The molecule has 3 N–H and O–H groups in total. The molecule has 0 fully saturated rings. The first-order valence-corrected chi connectivity index (χ1v) is 9.39. The fourth-order valence-corrected chi connectivity index (χ4v) is 3.90. The molecule has 2 atom stereocenters. The largest absolute Gasteiger partial charge is 0.494 e. The minimum absolute atomic E-state index is 0.0402. The van der Waals surface area contributed by atoms with Crippen molar-refractivity contribution in [3.8, 4) is 17.4 Å². The molecule has 0 aliphatic carbocycles. The van der Waals surface area contributed by atoms with Gasteiger partial charge in [-0.2, -0.15) is 0 Å². The molecule has 1 aromatic carbocycles. The lowest BCUT2D eigenvalue weighted by molar-refractivity contribution is 0.350. The minimum atomic E-state index is -0.469. The minimum Gasteiger partial charge on any atom is -0.494 e. The first kappa shape index (κ1) is 19.4. The third-order valence-electron chi connectivity index (χ3n) is 5.17. The van der Waals surface area contributed by atoms with Crippen LogP contribution in [-0.4, -0.2) is 35.4 Å². The zero-order valence-corrected chi connectivity index (χ0v) is 16.8. The van der Waals surface area contributed by atoms with E-state index in [9.17, 15) is 9.90 Å². The van der Waals surface area contributed by atoms with Crippen molar-refractivity contribution in [2.75, 3.05) is 20.8 Å². The second-order valence-electron chi connectivity index (χ2n) is 6.67. The molecular weight excluding hydrogens is 366 g/mol. The highest BCUT2D eigenvalue weighted by Gasteiger charge is 2.30. The maximum atomic E-state index is 12.7. The number of rotatable bonds is 5. The zero-order chi connectivity index (χ0) is 19.7. The number of nitrogens with one attached hydrogen (secondary N) is 2. The number of fused-ring (bicyclic) bond motifs is 1. The number of H-pyrrole nitrogens is 1. The number of nitrogens with zero attached hydrogens (tertiary/aromatic N) is 1. The molecule has 0 saturated carbocycles. The summed E-state index contributed by atoms with van der Waals surface area (Å²) in [5.74, 6) is 1.12. The summed E-state index contributed by atoms with van der Waals surface area (Å²) in [7, 11) is 3.17. The fraction of sp³-hybridized carbons (Fsp3) is 0.474. The van der Waals surface area contributed by atoms with Gasteiger partial charge in [-0.25, -0.2) is 0 Å². The molecule has 2 heterocycles. The number of aromatic hydroxyl groups is 1. The summed E-state index contributed by atoms with van der Waals surface area (Å²) in [5.41, 5.74) is 1.80. The van der Waals surface area contributed by atoms with E-state index < -0.39 is 11.6 Å². The molecule has 1 aromatic heterocycles. The Bertz CT molecular complexity index is 967. The number of ether oxygens (including phenoxy) is 2. The highest BCUT2D eigenvalue weighted by molar-refractivity contribution is 7.71. The average Bonchev–Trinajstić information content (AvgIpc) is 2.66. The Kier molecular flexibility index (Phi) is 5.57. The monoisotopic (exact) mass is 391 g/mol. The van der Waals surface area contributed by atoms with Crippen molar-refractivity contribution >= 4 is 12.2 Å². The van der Waals surface area contributed by atoms with Crippen LogP contribution in [0.25, 0.3) is 0 Å². The molecule has 146 valence electrons. The van der Waals surface area contributed by atoms with E-state index in [2.05, 4.69) is 10.3 Å². The molecule has 0 unspecified atom stereocenters. The van der Waals surface area contributed by atoms with E-state index >= 15 is 0 Å². The van der Waals surface area contributed by atoms with Gasteiger partial charge >= 0.3 is 0 Å². The Morgan fingerprint density at radius 2 is 2.00 bits per heavy atom. The highest BCUT2D eigenvalue weighted by Crippen LogP contribution is 2.38. The van der Waals surface area contributed by atoms with Crippen LogP contribution in [-0.2, 0) is 6.42 Å². The molecule has 2 aromatic rings. The molecule has 7 nitrogen and oxygen atoms in total. The predicted octanol–water partition coefficient (Wildman–Crippen LogP) is 2.83. The molecule has 0 bridgehead atoms. The van der Waals surface area contributed by atoms with Crippen LogP contribution in [0.2, 0.25) is 0 Å². The van der Waals surface area contributed by atoms with Crippen molar-refractivity contribution < 1.29 is 14.6 Å². The van der Waals surface area contributed by atoms with Crippen molar-refractivity contribution in [3.05, 3.63) is 43.9 Å². The lowest BCUT2D eigenvalue weighted by atomic mass is 9.90. The smallest absolute Gasteiger partial charge is 0.260 e. The Morgan fingerprint density at radius 3 is 2.63 bits per heavy atom. The summed E-state index contributed by atoms with van der Waals surface area (Å²) in [6.45, 7) is 4.63. The maximum absolute atomic E-state index is 12.7. The van der Waals surface area contributed by atoms with Gasteiger partial charge in [0, 0.05) is 12.6 Å². The SMILES string of the molecule is CC[C@H](C)n1c(O)c([C@H]2NCCc3cc(OC)c(OC)cc32)c(=O)[nH]c1=S. The third kappa shape index (κ3) is 3.35. The van der Waals surface area contributed by atoms with Crippen LogP contribution in [0.1, 0.15) is 49.0 Å². The van der Waals surface area contributed by atoms with Crippen LogP contribution >= 0.6 is 12.2 Å². The summed E-state index contributed by atoms with van der Waals surface area (Å²) in [6, 6.07) is 3.28. The standard InChI is InChI=1S/C19H25N3O4S/c1-5-10(2)22-18(24)15(17(23)21-19(22)27)16-12-9-14(26-4)13(25-3)8-11(12)6-7-20-16/h8-10,16,20,24H,5-7H2,1-4H3,(H,21,23,27)/t10-,16-/m0/s1. The van der Waals surface area contributed by atoms with E-state index in [1.54, 1.807) is 18.8 Å². The van der Waals surface area contributed by atoms with Crippen LogP contribution < -0.4 is 20.3 Å². The summed E-state index contributed by atoms with van der Waals surface area (Å²) < 4.78 is 12.6. The quantitative estimate of drug-likeness (QED) is 0.680. The predicted molar refractivity (Wildman–Crippen MR) is 106 cm³/mol. The van der Waals surface area contributed by atoms with Gasteiger partial charge in [-0.1, -0.05) is 6.92 Å². The van der Waals surface area contributed by atoms with E-state index in [1.165, 1.54) is 0 Å². The Morgan fingerprint density at radius 1 is 1.33 bits per heavy atom. The summed E-state index contributed by atoms with van der Waals surface area (Å²) >= 11 is 5.27. The van der Waals surface area contributed by atoms with Gasteiger partial charge in [-0.05, 0) is 55.2 Å². The van der Waals surface area contributed by atoms with Crippen LogP contribution in [0.15, 0.2) is 16.9 Å². The van der Waals surface area contributed by atoms with Gasteiger partial charge in [0.05, 0.1) is 25.8 Å². The number of aromatic amines is 1. The van der Waals surface area contributed by atoms with E-state index in [4.69, 9.17) is 21.7 Å². The second kappa shape index (κ2) is 7.74. The second-order valence-corrected chi connectivity index (χ2v) is 7.05. The van der Waals surface area contributed by atoms with Gasteiger partial charge < -0.3 is 19.9 Å². The highest BCUT2D eigenvalue weighted by atomic mass is 32.1. The van der Waals surface area contributed by atoms with Crippen molar-refractivity contribution in [2.24, 2.45) is 0 Å². The molecular formula is C19H25N3O4S. The van der Waals surface area contributed by atoms with E-state index in [0.717, 1.165) is 24.0 Å². The lowest BCUT2D eigenvalue weighted by Crippen LogP contribution is -2.35. The maximum Gasteiger partial charge on any atom is 0.260 e. The van der Waals surface area contributed by atoms with Crippen molar-refractivity contribution in [2.45, 2.75) is 38.8 Å². The Labute approximate surface area is 163 Å². The molecule has 0 amide bonds. The van der Waals surface area contributed by atoms with Gasteiger partial charge in [0.1, 0.15) is 0 Å². The topological polar surface area (TPSA) is 88.5 Å². The molecule has 27 heavy (non-hydrogen) atoms. The van der Waals surface area contributed by atoms with Crippen LogP contribution in [0, 0.1) is 4.77 Å². The number of aromatic nitrogens is 2. The van der Waals surface area contributed by atoms with Gasteiger partial charge in [-0.3, -0.25) is 14.3 Å². The fourth-order valence-electron chi connectivity index (χ4n) is 3.54. The molecule has 0 radical (unpaired) electrons. The van der Waals surface area contributed by atoms with E-state index in [-0.39, 0.29) is 22.3 Å². The first-order valence-electron chi connectivity index (χ1n) is 8.98. The van der Waals surface area contributed by atoms with Gasteiger partial charge in [0.2, 0.25) is 5.88 Å². The number of benzene rings is 1. The summed E-state index contributed by atoms with van der Waals surface area (Å²) in [6.07, 6.45) is 1.56. The van der Waals surface area contributed by atoms with Gasteiger partial charge in [0.25, 0.3) is 5.56 Å². The Hall–Kier alpha value is -2.32. The van der Waals surface area contributed by atoms with Crippen molar-refractivity contribution in [1.82, 2.24) is 14.9 Å². The normalized spacial score (nSPS) is 17.3. The van der Waals surface area contributed by atoms with E-state index in [0.29, 0.717) is 18.0 Å². The number of hydrogen-bond donors (Lipinski definition) is 3. The van der Waals surface area contributed by atoms with Gasteiger partial charge in [0.15, 0.2) is 16.3 Å². The average molecular weight is 391 g/mol. The van der Waals surface area contributed by atoms with Crippen LogP contribution in [0.5, 0.6) is 17.4 Å². The first-order chi connectivity index (χ1) is 12.9. The lowest BCUT2D eigenvalue weighted by Gasteiger charge is -2.29.